The molecule has 0 bridgehead atoms. The van der Waals surface area contributed by atoms with Crippen LogP contribution in [0.15, 0.2) is 24.3 Å². The Morgan fingerprint density at radius 1 is 1.17 bits per heavy atom. The lowest BCUT2D eigenvalue weighted by atomic mass is 10.0. The number of nitrogens with zero attached hydrogens (tertiary/aromatic N) is 3. The summed E-state index contributed by atoms with van der Waals surface area (Å²) in [7, 11) is 1.71. The number of methoxy groups -OCH3 is 1. The monoisotopic (exact) mass is 498 g/mol. The van der Waals surface area contributed by atoms with Crippen LogP contribution in [0.3, 0.4) is 0 Å². The molecule has 36 heavy (non-hydrogen) atoms. The highest BCUT2D eigenvalue weighted by molar-refractivity contribution is 6.00. The molecular formula is C28H42N4O4. The molecule has 1 N–H and O–H groups in total. The number of piperidine rings is 1. The third-order valence-corrected chi connectivity index (χ3v) is 7.35. The van der Waals surface area contributed by atoms with Crippen molar-refractivity contribution in [1.82, 2.24) is 19.7 Å². The Kier molecular flexibility index (Phi) is 9.26. The maximum Gasteiger partial charge on any atom is 0.271 e. The number of rotatable bonds is 11. The Hall–Kier alpha value is -2.58. The zero-order valence-corrected chi connectivity index (χ0v) is 22.1. The molecule has 1 atom stereocenters. The van der Waals surface area contributed by atoms with Gasteiger partial charge in [-0.05, 0) is 71.0 Å². The topological polar surface area (TPSA) is 76.0 Å². The number of likely N-dealkylation sites (tertiary alicyclic amines) is 1. The zero-order chi connectivity index (χ0) is 25.5. The third-order valence-electron chi connectivity index (χ3n) is 7.35. The van der Waals surface area contributed by atoms with Gasteiger partial charge in [-0.1, -0.05) is 12.1 Å². The predicted octanol–water partition coefficient (Wildman–Crippen LogP) is 3.67. The van der Waals surface area contributed by atoms with E-state index in [9.17, 15) is 9.59 Å². The molecule has 1 aromatic carbocycles. The zero-order valence-electron chi connectivity index (χ0n) is 22.1. The van der Waals surface area contributed by atoms with Gasteiger partial charge < -0.3 is 29.2 Å². The molecule has 1 aromatic heterocycles. The number of aryl methyl sites for hydroxylation is 1. The van der Waals surface area contributed by atoms with E-state index in [-0.39, 0.29) is 30.5 Å². The van der Waals surface area contributed by atoms with Gasteiger partial charge in [0.15, 0.2) is 6.61 Å². The summed E-state index contributed by atoms with van der Waals surface area (Å²) in [5, 5.41) is 4.41. The Bertz CT molecular complexity index is 1020. The van der Waals surface area contributed by atoms with Crippen LogP contribution in [-0.2, 0) is 16.1 Å². The van der Waals surface area contributed by atoms with Crippen LogP contribution in [0, 0.1) is 0 Å². The van der Waals surface area contributed by atoms with Crippen molar-refractivity contribution in [3.63, 3.8) is 0 Å². The molecule has 2 amide bonds. The summed E-state index contributed by atoms with van der Waals surface area (Å²) in [6.07, 6.45) is 5.98. The maximum atomic E-state index is 14.1. The van der Waals surface area contributed by atoms with Crippen LogP contribution < -0.4 is 10.1 Å². The highest BCUT2D eigenvalue weighted by Gasteiger charge is 2.31. The quantitative estimate of drug-likeness (QED) is 0.479. The van der Waals surface area contributed by atoms with E-state index in [2.05, 4.69) is 23.7 Å². The number of carbonyl (C=O) groups excluding carboxylic acids is 2. The van der Waals surface area contributed by atoms with Gasteiger partial charge in [0, 0.05) is 57.4 Å². The van der Waals surface area contributed by atoms with E-state index in [1.165, 1.54) is 0 Å². The fourth-order valence-corrected chi connectivity index (χ4v) is 5.55. The SMILES string of the molecule is COCCCCn1c(C(=O)N(C(C)C)[C@@H]2CCCNC2)cc2cccc(OCC(=O)N3CCCC3)c21. The molecule has 8 nitrogen and oxygen atoms in total. The van der Waals surface area contributed by atoms with Crippen molar-refractivity contribution in [3.8, 4) is 5.75 Å². The lowest BCUT2D eigenvalue weighted by molar-refractivity contribution is -0.132. The second kappa shape index (κ2) is 12.6. The van der Waals surface area contributed by atoms with Gasteiger partial charge in [0.25, 0.3) is 11.8 Å². The standard InChI is InChI=1S/C28H42N4O4/c1-21(2)32(23-11-9-13-29-19-23)28(34)24-18-22-10-8-12-25(27(22)31(24)16-6-7-17-35-3)36-20-26(33)30-14-4-5-15-30/h8,10,12,18,21,23,29H,4-7,9,11,13-17,19-20H2,1-3H3/t23-/m1/s1. The first-order chi connectivity index (χ1) is 17.5. The number of carbonyl (C=O) groups is 2. The van der Waals surface area contributed by atoms with E-state index in [1.807, 2.05) is 34.1 Å². The number of ether oxygens (including phenoxy) is 2. The molecule has 0 spiro atoms. The first-order valence-corrected chi connectivity index (χ1v) is 13.6. The van der Waals surface area contributed by atoms with E-state index < -0.39 is 0 Å². The molecular weight excluding hydrogens is 456 g/mol. The molecule has 8 heteroatoms. The van der Waals surface area contributed by atoms with Crippen molar-refractivity contribution < 1.29 is 19.1 Å². The molecule has 0 unspecified atom stereocenters. The van der Waals surface area contributed by atoms with Crippen LogP contribution in [0.1, 0.15) is 62.9 Å². The summed E-state index contributed by atoms with van der Waals surface area (Å²) in [6, 6.07) is 8.14. The van der Waals surface area contributed by atoms with Gasteiger partial charge >= 0.3 is 0 Å². The van der Waals surface area contributed by atoms with E-state index in [0.29, 0.717) is 24.6 Å². The molecule has 3 heterocycles. The second-order valence-corrected chi connectivity index (χ2v) is 10.3. The van der Waals surface area contributed by atoms with Crippen molar-refractivity contribution in [1.29, 1.82) is 0 Å². The van der Waals surface area contributed by atoms with Gasteiger partial charge in [-0.2, -0.15) is 0 Å². The van der Waals surface area contributed by atoms with Crippen LogP contribution >= 0.6 is 0 Å². The van der Waals surface area contributed by atoms with Crippen LogP contribution in [0.25, 0.3) is 10.9 Å². The minimum absolute atomic E-state index is 0.0170. The molecule has 0 saturated carbocycles. The number of amides is 2. The molecule has 2 aliphatic rings. The number of hydrogen-bond acceptors (Lipinski definition) is 5. The summed E-state index contributed by atoms with van der Waals surface area (Å²) in [6.45, 7) is 9.02. The summed E-state index contributed by atoms with van der Waals surface area (Å²) < 4.78 is 13.5. The highest BCUT2D eigenvalue weighted by Crippen LogP contribution is 2.31. The lowest BCUT2D eigenvalue weighted by Crippen LogP contribution is -2.52. The van der Waals surface area contributed by atoms with E-state index in [1.54, 1.807) is 7.11 Å². The number of nitrogens with one attached hydrogen (secondary N) is 1. The number of hydrogen-bond donors (Lipinski definition) is 1. The number of benzene rings is 1. The van der Waals surface area contributed by atoms with E-state index in [0.717, 1.165) is 75.6 Å². The normalized spacial score (nSPS) is 18.2. The Balaban J connectivity index is 1.65. The lowest BCUT2D eigenvalue weighted by Gasteiger charge is -2.37. The smallest absolute Gasteiger partial charge is 0.271 e. The molecule has 2 aliphatic heterocycles. The number of fused-ring (bicyclic) bond motifs is 1. The summed E-state index contributed by atoms with van der Waals surface area (Å²) >= 11 is 0. The summed E-state index contributed by atoms with van der Waals surface area (Å²) in [4.78, 5) is 30.6. The van der Waals surface area contributed by atoms with Crippen molar-refractivity contribution in [2.45, 2.75) is 71.0 Å². The number of para-hydroxylation sites is 1. The van der Waals surface area contributed by atoms with Gasteiger partial charge in [-0.25, -0.2) is 0 Å². The fraction of sp³-hybridized carbons (Fsp3) is 0.643. The van der Waals surface area contributed by atoms with Crippen LogP contribution in [0.2, 0.25) is 0 Å². The van der Waals surface area contributed by atoms with Crippen LogP contribution in [-0.4, -0.2) is 84.8 Å². The molecule has 198 valence electrons. The Morgan fingerprint density at radius 3 is 2.67 bits per heavy atom. The first-order valence-electron chi connectivity index (χ1n) is 13.6. The Labute approximate surface area is 214 Å². The maximum absolute atomic E-state index is 14.1. The molecule has 0 radical (unpaired) electrons. The van der Waals surface area contributed by atoms with Gasteiger partial charge in [-0.3, -0.25) is 9.59 Å². The van der Waals surface area contributed by atoms with Crippen LogP contribution in [0.4, 0.5) is 0 Å². The van der Waals surface area contributed by atoms with Gasteiger partial charge in [0.1, 0.15) is 11.4 Å². The fourth-order valence-electron chi connectivity index (χ4n) is 5.55. The number of unbranched alkanes of at least 4 members (excludes halogenated alkanes) is 1. The first kappa shape index (κ1) is 26.5. The second-order valence-electron chi connectivity index (χ2n) is 10.3. The minimum Gasteiger partial charge on any atom is -0.482 e. The average molecular weight is 499 g/mol. The highest BCUT2D eigenvalue weighted by atomic mass is 16.5. The van der Waals surface area contributed by atoms with Gasteiger partial charge in [0.2, 0.25) is 0 Å². The summed E-state index contributed by atoms with van der Waals surface area (Å²) in [5.74, 6) is 0.733. The predicted molar refractivity (Wildman–Crippen MR) is 142 cm³/mol. The average Bonchev–Trinajstić information content (AvgIpc) is 3.55. The molecule has 0 aliphatic carbocycles. The van der Waals surface area contributed by atoms with Crippen molar-refractivity contribution >= 4 is 22.7 Å². The molecule has 4 rings (SSSR count). The van der Waals surface area contributed by atoms with Gasteiger partial charge in [-0.15, -0.1) is 0 Å². The third kappa shape index (κ3) is 6.03. The summed E-state index contributed by atoms with van der Waals surface area (Å²) in [5.41, 5.74) is 1.57. The van der Waals surface area contributed by atoms with Crippen LogP contribution in [0.5, 0.6) is 5.75 Å². The molecule has 2 aromatic rings. The number of aromatic nitrogens is 1. The van der Waals surface area contributed by atoms with Gasteiger partial charge in [0.05, 0.1) is 5.52 Å². The van der Waals surface area contributed by atoms with Crippen molar-refractivity contribution in [2.24, 2.45) is 0 Å². The Morgan fingerprint density at radius 2 is 1.97 bits per heavy atom. The molecule has 2 fully saturated rings. The largest absolute Gasteiger partial charge is 0.482 e. The van der Waals surface area contributed by atoms with Crippen molar-refractivity contribution in [3.05, 3.63) is 30.0 Å². The van der Waals surface area contributed by atoms with Crippen molar-refractivity contribution in [2.75, 3.05) is 46.5 Å². The minimum atomic E-state index is 0.0170. The van der Waals surface area contributed by atoms with E-state index in [4.69, 9.17) is 9.47 Å². The van der Waals surface area contributed by atoms with E-state index >= 15 is 0 Å². The molecule has 2 saturated heterocycles.